The second-order valence-corrected chi connectivity index (χ2v) is 7.64. The van der Waals surface area contributed by atoms with Gasteiger partial charge in [0.15, 0.2) is 5.82 Å². The number of hydrogen-bond donors (Lipinski definition) is 1. The number of nitrogens with one attached hydrogen (secondary N) is 1. The van der Waals surface area contributed by atoms with Gasteiger partial charge >= 0.3 is 0 Å². The van der Waals surface area contributed by atoms with Crippen molar-refractivity contribution in [1.82, 2.24) is 20.1 Å². The molecule has 0 saturated carbocycles. The number of benzene rings is 2. The average Bonchev–Trinajstić information content (AvgIpc) is 3.07. The van der Waals surface area contributed by atoms with E-state index in [-0.39, 0.29) is 0 Å². The van der Waals surface area contributed by atoms with Gasteiger partial charge < -0.3 is 10.2 Å². The van der Waals surface area contributed by atoms with Crippen LogP contribution in [0.5, 0.6) is 0 Å². The van der Waals surface area contributed by atoms with Crippen molar-refractivity contribution in [2.24, 2.45) is 4.99 Å². The third-order valence-electron chi connectivity index (χ3n) is 5.08. The molecule has 1 saturated heterocycles. The molecule has 1 N–H and O–H groups in total. The van der Waals surface area contributed by atoms with E-state index in [1.807, 2.05) is 42.5 Å². The third kappa shape index (κ3) is 2.98. The molecule has 0 unspecified atom stereocenters. The van der Waals surface area contributed by atoms with Gasteiger partial charge in [0.05, 0.1) is 11.4 Å². The number of anilines is 1. The van der Waals surface area contributed by atoms with E-state index in [1.165, 1.54) is 0 Å². The average molecular weight is 413 g/mol. The van der Waals surface area contributed by atoms with Crippen LogP contribution in [0.4, 0.5) is 5.95 Å². The summed E-state index contributed by atoms with van der Waals surface area (Å²) in [6.45, 7) is 4.05. The fourth-order valence-electron chi connectivity index (χ4n) is 3.74. The van der Waals surface area contributed by atoms with Gasteiger partial charge in [0.25, 0.3) is 0 Å². The molecule has 1 fully saturated rings. The Morgan fingerprint density at radius 1 is 0.929 bits per heavy atom. The minimum Gasteiger partial charge on any atom is -0.338 e. The SMILES string of the molecule is Clc1ccc2c(c1)C(c1ccccc1Cl)=NCc1nnc(N3CCNCC3)n1-2. The predicted octanol–water partition coefficient (Wildman–Crippen LogP) is 3.33. The molecule has 3 heterocycles. The maximum absolute atomic E-state index is 6.49. The molecule has 0 bridgehead atoms. The summed E-state index contributed by atoms with van der Waals surface area (Å²) in [4.78, 5) is 7.11. The Balaban J connectivity index is 1.70. The third-order valence-corrected chi connectivity index (χ3v) is 5.64. The number of aliphatic imine (C=N–C) groups is 1. The van der Waals surface area contributed by atoms with Crippen LogP contribution in [0.15, 0.2) is 47.5 Å². The zero-order valence-electron chi connectivity index (χ0n) is 15.1. The molecular weight excluding hydrogens is 395 g/mol. The highest BCUT2D eigenvalue weighted by Crippen LogP contribution is 2.32. The van der Waals surface area contributed by atoms with Crippen molar-refractivity contribution in [1.29, 1.82) is 0 Å². The molecule has 3 aromatic rings. The molecule has 142 valence electrons. The van der Waals surface area contributed by atoms with Crippen molar-refractivity contribution in [2.75, 3.05) is 31.1 Å². The smallest absolute Gasteiger partial charge is 0.232 e. The van der Waals surface area contributed by atoms with Crippen molar-refractivity contribution < 1.29 is 0 Å². The molecule has 0 atom stereocenters. The molecular formula is C20H18Cl2N6. The molecule has 2 aromatic carbocycles. The largest absolute Gasteiger partial charge is 0.338 e. The Bertz CT molecular complexity index is 1070. The Morgan fingerprint density at radius 2 is 1.75 bits per heavy atom. The minimum atomic E-state index is 0.423. The first-order valence-corrected chi connectivity index (χ1v) is 9.97. The molecule has 28 heavy (non-hydrogen) atoms. The fourth-order valence-corrected chi connectivity index (χ4v) is 4.13. The normalized spacial score (nSPS) is 16.2. The molecule has 2 aliphatic rings. The summed E-state index contributed by atoms with van der Waals surface area (Å²) >= 11 is 12.9. The standard InChI is InChI=1S/C20H18Cl2N6/c21-13-5-6-17-15(11-13)19(14-3-1-2-4-16(14)22)24-12-18-25-26-20(28(17)18)27-9-7-23-8-10-27/h1-6,11,23H,7-10,12H2. The summed E-state index contributed by atoms with van der Waals surface area (Å²) in [6.07, 6.45) is 0. The highest BCUT2D eigenvalue weighted by molar-refractivity contribution is 6.36. The van der Waals surface area contributed by atoms with Gasteiger partial charge in [0.2, 0.25) is 5.95 Å². The first-order chi connectivity index (χ1) is 13.7. The van der Waals surface area contributed by atoms with Gasteiger partial charge in [-0.15, -0.1) is 10.2 Å². The Kier molecular flexibility index (Phi) is 4.55. The first-order valence-electron chi connectivity index (χ1n) is 9.22. The second-order valence-electron chi connectivity index (χ2n) is 6.79. The van der Waals surface area contributed by atoms with Crippen LogP contribution in [0.1, 0.15) is 17.0 Å². The maximum Gasteiger partial charge on any atom is 0.232 e. The van der Waals surface area contributed by atoms with Gasteiger partial charge in [0.1, 0.15) is 6.54 Å². The highest BCUT2D eigenvalue weighted by Gasteiger charge is 2.26. The van der Waals surface area contributed by atoms with Gasteiger partial charge in [0, 0.05) is 47.4 Å². The predicted molar refractivity (Wildman–Crippen MR) is 112 cm³/mol. The van der Waals surface area contributed by atoms with Crippen LogP contribution in [-0.2, 0) is 6.54 Å². The number of piperazine rings is 1. The number of aromatic nitrogens is 3. The lowest BCUT2D eigenvalue weighted by molar-refractivity contribution is 0.576. The van der Waals surface area contributed by atoms with Crippen molar-refractivity contribution >= 4 is 34.9 Å². The summed E-state index contributed by atoms with van der Waals surface area (Å²) in [5.41, 5.74) is 3.60. The monoisotopic (exact) mass is 412 g/mol. The first kappa shape index (κ1) is 17.7. The molecule has 6 nitrogen and oxygen atoms in total. The maximum atomic E-state index is 6.49. The van der Waals surface area contributed by atoms with Crippen LogP contribution >= 0.6 is 23.2 Å². The van der Waals surface area contributed by atoms with E-state index in [4.69, 9.17) is 28.2 Å². The topological polar surface area (TPSA) is 58.3 Å². The van der Waals surface area contributed by atoms with Crippen LogP contribution in [0.3, 0.4) is 0 Å². The Morgan fingerprint density at radius 3 is 2.57 bits per heavy atom. The van der Waals surface area contributed by atoms with E-state index in [1.54, 1.807) is 0 Å². The van der Waals surface area contributed by atoms with E-state index in [0.717, 1.165) is 60.5 Å². The van der Waals surface area contributed by atoms with Crippen molar-refractivity contribution in [3.05, 3.63) is 69.5 Å². The van der Waals surface area contributed by atoms with Crippen LogP contribution in [-0.4, -0.2) is 46.7 Å². The number of rotatable bonds is 2. The number of hydrogen-bond acceptors (Lipinski definition) is 5. The number of fused-ring (bicyclic) bond motifs is 3. The van der Waals surface area contributed by atoms with Crippen LogP contribution < -0.4 is 10.2 Å². The molecule has 0 radical (unpaired) electrons. The van der Waals surface area contributed by atoms with E-state index in [0.29, 0.717) is 16.6 Å². The number of nitrogens with zero attached hydrogens (tertiary/aromatic N) is 5. The molecule has 5 rings (SSSR count). The molecule has 0 spiro atoms. The van der Waals surface area contributed by atoms with E-state index < -0.39 is 0 Å². The summed E-state index contributed by atoms with van der Waals surface area (Å²) in [5, 5.41) is 13.6. The van der Waals surface area contributed by atoms with E-state index in [2.05, 4.69) is 25.0 Å². The molecule has 0 amide bonds. The fraction of sp³-hybridized carbons (Fsp3) is 0.250. The summed E-state index contributed by atoms with van der Waals surface area (Å²) in [6, 6.07) is 13.6. The number of halogens is 2. The zero-order chi connectivity index (χ0) is 19.1. The summed E-state index contributed by atoms with van der Waals surface area (Å²) < 4.78 is 2.10. The Labute approximate surface area is 172 Å². The van der Waals surface area contributed by atoms with Crippen molar-refractivity contribution in [3.8, 4) is 5.69 Å². The quantitative estimate of drug-likeness (QED) is 0.700. The van der Waals surface area contributed by atoms with Gasteiger partial charge in [-0.25, -0.2) is 0 Å². The van der Waals surface area contributed by atoms with Crippen molar-refractivity contribution in [2.45, 2.75) is 6.54 Å². The van der Waals surface area contributed by atoms with Gasteiger partial charge in [-0.05, 0) is 24.3 Å². The minimum absolute atomic E-state index is 0.423. The molecule has 0 aliphatic carbocycles. The van der Waals surface area contributed by atoms with Gasteiger partial charge in [-0.2, -0.15) is 0 Å². The molecule has 1 aromatic heterocycles. The second kappa shape index (κ2) is 7.20. The van der Waals surface area contributed by atoms with E-state index in [9.17, 15) is 0 Å². The lowest BCUT2D eigenvalue weighted by Crippen LogP contribution is -2.44. The van der Waals surface area contributed by atoms with Gasteiger partial charge in [-0.3, -0.25) is 9.56 Å². The highest BCUT2D eigenvalue weighted by atomic mass is 35.5. The van der Waals surface area contributed by atoms with E-state index >= 15 is 0 Å². The van der Waals surface area contributed by atoms with Crippen LogP contribution in [0, 0.1) is 0 Å². The van der Waals surface area contributed by atoms with Crippen molar-refractivity contribution in [3.63, 3.8) is 0 Å². The van der Waals surface area contributed by atoms with Gasteiger partial charge in [-0.1, -0.05) is 41.4 Å². The molecule has 8 heteroatoms. The lowest BCUT2D eigenvalue weighted by Gasteiger charge is -2.28. The lowest BCUT2D eigenvalue weighted by atomic mass is 10.0. The Hall–Kier alpha value is -2.41. The zero-order valence-corrected chi connectivity index (χ0v) is 16.6. The van der Waals surface area contributed by atoms with Crippen LogP contribution in [0.25, 0.3) is 5.69 Å². The van der Waals surface area contributed by atoms with Crippen LogP contribution in [0.2, 0.25) is 10.0 Å². The molecule has 2 aliphatic heterocycles. The summed E-state index contributed by atoms with van der Waals surface area (Å²) in [5.74, 6) is 1.65. The summed E-state index contributed by atoms with van der Waals surface area (Å²) in [7, 11) is 0.